The molecule has 0 N–H and O–H groups in total. The SMILES string of the molecule is Cc1ccccc1N1CCN(CCCN2C[C@H]3CC[C@H]2C3)CC1. The number of fused-ring (bicyclic) bond motifs is 2. The van der Waals surface area contributed by atoms with E-state index in [1.54, 1.807) is 0 Å². The summed E-state index contributed by atoms with van der Waals surface area (Å²) < 4.78 is 0. The Morgan fingerprint density at radius 3 is 2.52 bits per heavy atom. The van der Waals surface area contributed by atoms with Crippen LogP contribution in [0.5, 0.6) is 0 Å². The molecule has 1 saturated carbocycles. The highest BCUT2D eigenvalue weighted by Crippen LogP contribution is 2.37. The third-order valence-corrected chi connectivity index (χ3v) is 6.27. The first-order valence-electron chi connectivity index (χ1n) is 9.56. The van der Waals surface area contributed by atoms with E-state index >= 15 is 0 Å². The Morgan fingerprint density at radius 1 is 1.00 bits per heavy atom. The molecular weight excluding hydrogens is 282 g/mol. The second-order valence-electron chi connectivity index (χ2n) is 7.80. The summed E-state index contributed by atoms with van der Waals surface area (Å²) in [6.07, 6.45) is 5.82. The first-order valence-corrected chi connectivity index (χ1v) is 9.56. The average Bonchev–Trinajstić information content (AvgIpc) is 3.19. The van der Waals surface area contributed by atoms with Gasteiger partial charge in [-0.3, -0.25) is 4.90 Å². The van der Waals surface area contributed by atoms with E-state index in [4.69, 9.17) is 0 Å². The summed E-state index contributed by atoms with van der Waals surface area (Å²) in [5.74, 6) is 1.04. The van der Waals surface area contributed by atoms with Crippen LogP contribution in [0.3, 0.4) is 0 Å². The van der Waals surface area contributed by atoms with Gasteiger partial charge in [-0.2, -0.15) is 0 Å². The zero-order chi connectivity index (χ0) is 15.6. The highest BCUT2D eigenvalue weighted by molar-refractivity contribution is 5.53. The number of hydrogen-bond acceptors (Lipinski definition) is 3. The fourth-order valence-corrected chi connectivity index (χ4v) is 4.93. The van der Waals surface area contributed by atoms with Crippen LogP contribution in [-0.2, 0) is 0 Å². The molecule has 3 aliphatic rings. The maximum atomic E-state index is 2.78. The van der Waals surface area contributed by atoms with Crippen LogP contribution in [-0.4, -0.2) is 61.7 Å². The van der Waals surface area contributed by atoms with Gasteiger partial charge in [-0.05, 0) is 63.2 Å². The second kappa shape index (κ2) is 6.82. The van der Waals surface area contributed by atoms with Crippen LogP contribution in [0.1, 0.15) is 31.2 Å². The minimum absolute atomic E-state index is 0.943. The van der Waals surface area contributed by atoms with Gasteiger partial charge < -0.3 is 9.80 Å². The molecule has 3 heteroatoms. The van der Waals surface area contributed by atoms with Crippen LogP contribution in [0.25, 0.3) is 0 Å². The minimum Gasteiger partial charge on any atom is -0.369 e. The molecule has 2 heterocycles. The summed E-state index contributed by atoms with van der Waals surface area (Å²) in [6, 6.07) is 9.75. The molecule has 1 aliphatic carbocycles. The van der Waals surface area contributed by atoms with Crippen LogP contribution in [0.2, 0.25) is 0 Å². The number of hydrogen-bond donors (Lipinski definition) is 0. The average molecular weight is 313 g/mol. The number of likely N-dealkylation sites (tertiary alicyclic amines) is 1. The number of para-hydroxylation sites is 1. The Bertz CT molecular complexity index is 521. The van der Waals surface area contributed by atoms with Gasteiger partial charge in [-0.25, -0.2) is 0 Å². The molecule has 0 unspecified atom stereocenters. The van der Waals surface area contributed by atoms with Crippen LogP contribution < -0.4 is 4.90 Å². The van der Waals surface area contributed by atoms with Gasteiger partial charge in [0.05, 0.1) is 0 Å². The largest absolute Gasteiger partial charge is 0.369 e. The lowest BCUT2D eigenvalue weighted by Crippen LogP contribution is -2.47. The van der Waals surface area contributed by atoms with Crippen molar-refractivity contribution in [2.45, 2.75) is 38.6 Å². The van der Waals surface area contributed by atoms with Gasteiger partial charge in [0.25, 0.3) is 0 Å². The molecule has 0 spiro atoms. The standard InChI is InChI=1S/C20H31N3/c1-17-5-2-3-6-20(17)22-13-11-21(12-14-22)9-4-10-23-16-18-7-8-19(23)15-18/h2-3,5-6,18-19H,4,7-16H2,1H3/t18-,19-/m0/s1. The van der Waals surface area contributed by atoms with Crippen LogP contribution in [0.4, 0.5) is 5.69 Å². The normalized spacial score (nSPS) is 28.7. The van der Waals surface area contributed by atoms with Crippen molar-refractivity contribution in [3.63, 3.8) is 0 Å². The molecule has 1 aromatic carbocycles. The first kappa shape index (κ1) is 15.5. The number of rotatable bonds is 5. The van der Waals surface area contributed by atoms with Crippen LogP contribution >= 0.6 is 0 Å². The number of nitrogens with zero attached hydrogens (tertiary/aromatic N) is 3. The zero-order valence-corrected chi connectivity index (χ0v) is 14.6. The van der Waals surface area contributed by atoms with E-state index in [1.165, 1.54) is 82.7 Å². The molecule has 3 fully saturated rings. The minimum atomic E-state index is 0.943. The van der Waals surface area contributed by atoms with E-state index < -0.39 is 0 Å². The van der Waals surface area contributed by atoms with Gasteiger partial charge >= 0.3 is 0 Å². The smallest absolute Gasteiger partial charge is 0.0396 e. The fraction of sp³-hybridized carbons (Fsp3) is 0.700. The van der Waals surface area contributed by atoms with Crippen molar-refractivity contribution in [2.24, 2.45) is 5.92 Å². The van der Waals surface area contributed by atoms with Crippen LogP contribution in [0, 0.1) is 12.8 Å². The van der Waals surface area contributed by atoms with Crippen molar-refractivity contribution in [3.8, 4) is 0 Å². The van der Waals surface area contributed by atoms with Crippen molar-refractivity contribution in [1.29, 1.82) is 0 Å². The molecule has 23 heavy (non-hydrogen) atoms. The lowest BCUT2D eigenvalue weighted by molar-refractivity contribution is 0.188. The summed E-state index contributed by atoms with van der Waals surface area (Å²) >= 11 is 0. The summed E-state index contributed by atoms with van der Waals surface area (Å²) in [5, 5.41) is 0. The Kier molecular flexibility index (Phi) is 4.59. The number of aryl methyl sites for hydroxylation is 1. The third-order valence-electron chi connectivity index (χ3n) is 6.27. The van der Waals surface area contributed by atoms with E-state index in [1.807, 2.05) is 0 Å². The van der Waals surface area contributed by atoms with E-state index in [0.717, 1.165) is 12.0 Å². The summed E-state index contributed by atoms with van der Waals surface area (Å²) in [7, 11) is 0. The number of benzene rings is 1. The van der Waals surface area contributed by atoms with Crippen molar-refractivity contribution in [2.75, 3.05) is 50.7 Å². The summed E-state index contributed by atoms with van der Waals surface area (Å²) in [6.45, 7) is 11.0. The van der Waals surface area contributed by atoms with Gasteiger partial charge in [0, 0.05) is 44.5 Å². The Hall–Kier alpha value is -1.06. The predicted octanol–water partition coefficient (Wildman–Crippen LogP) is 2.99. The van der Waals surface area contributed by atoms with Gasteiger partial charge in [-0.15, -0.1) is 0 Å². The molecule has 2 bridgehead atoms. The van der Waals surface area contributed by atoms with E-state index in [-0.39, 0.29) is 0 Å². The molecule has 0 amide bonds. The molecule has 2 atom stereocenters. The highest BCUT2D eigenvalue weighted by atomic mass is 15.3. The third kappa shape index (κ3) is 3.41. The topological polar surface area (TPSA) is 9.72 Å². The van der Waals surface area contributed by atoms with Crippen molar-refractivity contribution < 1.29 is 0 Å². The maximum absolute atomic E-state index is 2.78. The van der Waals surface area contributed by atoms with E-state index in [9.17, 15) is 0 Å². The molecule has 126 valence electrons. The van der Waals surface area contributed by atoms with Crippen molar-refractivity contribution >= 4 is 5.69 Å². The monoisotopic (exact) mass is 313 g/mol. The van der Waals surface area contributed by atoms with Crippen molar-refractivity contribution in [3.05, 3.63) is 29.8 Å². The fourth-order valence-electron chi connectivity index (χ4n) is 4.93. The van der Waals surface area contributed by atoms with Gasteiger partial charge in [0.15, 0.2) is 0 Å². The zero-order valence-electron chi connectivity index (χ0n) is 14.6. The molecule has 4 rings (SSSR count). The summed E-state index contributed by atoms with van der Waals surface area (Å²) in [5.41, 5.74) is 2.84. The molecule has 3 nitrogen and oxygen atoms in total. The Labute approximate surface area is 141 Å². The Morgan fingerprint density at radius 2 is 1.83 bits per heavy atom. The second-order valence-corrected chi connectivity index (χ2v) is 7.80. The van der Waals surface area contributed by atoms with Gasteiger partial charge in [0.2, 0.25) is 0 Å². The van der Waals surface area contributed by atoms with Gasteiger partial charge in [-0.1, -0.05) is 18.2 Å². The van der Waals surface area contributed by atoms with Crippen LogP contribution in [0.15, 0.2) is 24.3 Å². The quantitative estimate of drug-likeness (QED) is 0.827. The van der Waals surface area contributed by atoms with E-state index in [2.05, 4.69) is 45.9 Å². The molecule has 0 aromatic heterocycles. The molecule has 2 saturated heterocycles. The molecular formula is C20H31N3. The van der Waals surface area contributed by atoms with Gasteiger partial charge in [0.1, 0.15) is 0 Å². The lowest BCUT2D eigenvalue weighted by Gasteiger charge is -2.37. The number of anilines is 1. The highest BCUT2D eigenvalue weighted by Gasteiger charge is 2.37. The number of piperidine rings is 1. The van der Waals surface area contributed by atoms with E-state index in [0.29, 0.717) is 0 Å². The molecule has 1 aromatic rings. The molecule has 2 aliphatic heterocycles. The molecule has 0 radical (unpaired) electrons. The number of piperazine rings is 1. The predicted molar refractivity (Wildman–Crippen MR) is 97.2 cm³/mol. The maximum Gasteiger partial charge on any atom is 0.0396 e. The Balaban J connectivity index is 1.19. The van der Waals surface area contributed by atoms with Crippen molar-refractivity contribution in [1.82, 2.24) is 9.80 Å². The first-order chi connectivity index (χ1) is 11.3. The lowest BCUT2D eigenvalue weighted by atomic mass is 10.1. The summed E-state index contributed by atoms with van der Waals surface area (Å²) in [4.78, 5) is 8.01.